The summed E-state index contributed by atoms with van der Waals surface area (Å²) < 4.78 is 18.1. The molecular weight excluding hydrogens is 275 g/mol. The molecule has 1 aromatic carbocycles. The molecule has 1 aromatic rings. The predicted molar refractivity (Wildman–Crippen MR) is 78.2 cm³/mol. The standard InChI is InChI=1S/C15H21FN2O3/c1-9(2)6-7-18-14(19)10(3)21-15(20)12-8-11(16)4-5-13(12)17/h4-5,8-10H,6-7,17H2,1-3H3,(H,18,19). The van der Waals surface area contributed by atoms with Crippen LogP contribution in [0.1, 0.15) is 37.6 Å². The Morgan fingerprint density at radius 2 is 2.00 bits per heavy atom. The number of rotatable bonds is 6. The zero-order chi connectivity index (χ0) is 16.0. The summed E-state index contributed by atoms with van der Waals surface area (Å²) in [5.74, 6) is -1.34. The van der Waals surface area contributed by atoms with E-state index in [4.69, 9.17) is 10.5 Å². The van der Waals surface area contributed by atoms with E-state index in [1.807, 2.05) is 13.8 Å². The number of nitrogens with two attached hydrogens (primary N) is 1. The van der Waals surface area contributed by atoms with Crippen LogP contribution in [0.25, 0.3) is 0 Å². The van der Waals surface area contributed by atoms with Crippen LogP contribution >= 0.6 is 0 Å². The highest BCUT2D eigenvalue weighted by Gasteiger charge is 2.20. The Kier molecular flexibility index (Phi) is 6.14. The fraction of sp³-hybridized carbons (Fsp3) is 0.467. The van der Waals surface area contributed by atoms with Crippen molar-refractivity contribution in [2.24, 2.45) is 5.92 Å². The van der Waals surface area contributed by atoms with Gasteiger partial charge in [0.1, 0.15) is 5.82 Å². The normalized spacial score (nSPS) is 12.0. The number of amides is 1. The molecule has 116 valence electrons. The van der Waals surface area contributed by atoms with E-state index >= 15 is 0 Å². The number of halogens is 1. The molecule has 1 amide bonds. The molecule has 0 fully saturated rings. The van der Waals surface area contributed by atoms with Crippen LogP contribution in [0, 0.1) is 11.7 Å². The highest BCUT2D eigenvalue weighted by molar-refractivity contribution is 5.96. The highest BCUT2D eigenvalue weighted by atomic mass is 19.1. The fourth-order valence-corrected chi connectivity index (χ4v) is 1.61. The molecule has 0 radical (unpaired) electrons. The summed E-state index contributed by atoms with van der Waals surface area (Å²) in [4.78, 5) is 23.6. The van der Waals surface area contributed by atoms with E-state index in [1.54, 1.807) is 0 Å². The van der Waals surface area contributed by atoms with Gasteiger partial charge in [-0.1, -0.05) is 13.8 Å². The van der Waals surface area contributed by atoms with Crippen molar-refractivity contribution in [3.8, 4) is 0 Å². The average molecular weight is 296 g/mol. The molecule has 0 aromatic heterocycles. The van der Waals surface area contributed by atoms with Gasteiger partial charge in [-0.15, -0.1) is 0 Å². The first-order valence-corrected chi connectivity index (χ1v) is 6.85. The number of benzene rings is 1. The molecule has 1 unspecified atom stereocenters. The van der Waals surface area contributed by atoms with Gasteiger partial charge in [-0.3, -0.25) is 4.79 Å². The lowest BCUT2D eigenvalue weighted by molar-refractivity contribution is -0.129. The number of nitrogen functional groups attached to an aromatic ring is 1. The van der Waals surface area contributed by atoms with Crippen LogP contribution in [-0.2, 0) is 9.53 Å². The topological polar surface area (TPSA) is 81.4 Å². The zero-order valence-corrected chi connectivity index (χ0v) is 12.5. The second-order valence-electron chi connectivity index (χ2n) is 5.25. The molecule has 21 heavy (non-hydrogen) atoms. The van der Waals surface area contributed by atoms with E-state index < -0.39 is 17.9 Å². The maximum Gasteiger partial charge on any atom is 0.341 e. The minimum absolute atomic E-state index is 0.0863. The van der Waals surface area contributed by atoms with Gasteiger partial charge in [-0.25, -0.2) is 9.18 Å². The summed E-state index contributed by atoms with van der Waals surface area (Å²) in [5.41, 5.74) is 5.61. The lowest BCUT2D eigenvalue weighted by atomic mass is 10.1. The molecule has 6 heteroatoms. The molecule has 0 heterocycles. The van der Waals surface area contributed by atoms with Crippen molar-refractivity contribution in [2.75, 3.05) is 12.3 Å². The molecule has 0 aliphatic heterocycles. The van der Waals surface area contributed by atoms with E-state index in [9.17, 15) is 14.0 Å². The van der Waals surface area contributed by atoms with Gasteiger partial charge in [0.15, 0.2) is 6.10 Å². The van der Waals surface area contributed by atoms with Gasteiger partial charge in [0, 0.05) is 12.2 Å². The first-order valence-electron chi connectivity index (χ1n) is 6.85. The minimum atomic E-state index is -0.965. The van der Waals surface area contributed by atoms with Crippen LogP contribution in [0.15, 0.2) is 18.2 Å². The molecule has 0 saturated heterocycles. The number of ether oxygens (including phenoxy) is 1. The van der Waals surface area contributed by atoms with Gasteiger partial charge in [0.25, 0.3) is 5.91 Å². The molecule has 0 spiro atoms. The first kappa shape index (κ1) is 16.9. The van der Waals surface area contributed by atoms with Gasteiger partial charge in [-0.05, 0) is 37.5 Å². The molecule has 3 N–H and O–H groups in total. The minimum Gasteiger partial charge on any atom is -0.449 e. The zero-order valence-electron chi connectivity index (χ0n) is 12.5. The van der Waals surface area contributed by atoms with Gasteiger partial charge < -0.3 is 15.8 Å². The predicted octanol–water partition coefficient (Wildman–Crippen LogP) is 2.12. The van der Waals surface area contributed by atoms with Gasteiger partial charge in [0.2, 0.25) is 0 Å². The molecule has 0 aliphatic rings. The number of carbonyl (C=O) groups excluding carboxylic acids is 2. The molecule has 0 bridgehead atoms. The number of anilines is 1. The molecule has 1 rings (SSSR count). The fourth-order valence-electron chi connectivity index (χ4n) is 1.61. The summed E-state index contributed by atoms with van der Waals surface area (Å²) >= 11 is 0. The van der Waals surface area contributed by atoms with Crippen LogP contribution in [0.2, 0.25) is 0 Å². The number of nitrogens with one attached hydrogen (secondary N) is 1. The SMILES string of the molecule is CC(C)CCNC(=O)C(C)OC(=O)c1cc(F)ccc1N. The second kappa shape index (κ2) is 7.61. The Balaban J connectivity index is 2.57. The van der Waals surface area contributed by atoms with Crippen LogP contribution in [-0.4, -0.2) is 24.5 Å². The summed E-state index contributed by atoms with van der Waals surface area (Å²) in [7, 11) is 0. The van der Waals surface area contributed by atoms with Crippen molar-refractivity contribution in [3.63, 3.8) is 0 Å². The number of hydrogen-bond acceptors (Lipinski definition) is 4. The molecule has 0 saturated carbocycles. The third-order valence-corrected chi connectivity index (χ3v) is 2.91. The van der Waals surface area contributed by atoms with Crippen molar-refractivity contribution < 1.29 is 18.7 Å². The van der Waals surface area contributed by atoms with Crippen molar-refractivity contribution in [3.05, 3.63) is 29.6 Å². The summed E-state index contributed by atoms with van der Waals surface area (Å²) in [6, 6.07) is 3.41. The second-order valence-corrected chi connectivity index (χ2v) is 5.25. The van der Waals surface area contributed by atoms with E-state index in [-0.39, 0.29) is 17.2 Å². The van der Waals surface area contributed by atoms with Crippen LogP contribution in [0.4, 0.5) is 10.1 Å². The number of esters is 1. The Bertz CT molecular complexity index is 518. The monoisotopic (exact) mass is 296 g/mol. The Morgan fingerprint density at radius 1 is 1.33 bits per heavy atom. The van der Waals surface area contributed by atoms with Crippen molar-refractivity contribution >= 4 is 17.6 Å². The van der Waals surface area contributed by atoms with Crippen molar-refractivity contribution in [1.82, 2.24) is 5.32 Å². The molecule has 0 aliphatic carbocycles. The maximum atomic E-state index is 13.1. The molecule has 5 nitrogen and oxygen atoms in total. The largest absolute Gasteiger partial charge is 0.449 e. The van der Waals surface area contributed by atoms with E-state index in [1.165, 1.54) is 13.0 Å². The van der Waals surface area contributed by atoms with Gasteiger partial charge in [0.05, 0.1) is 5.56 Å². The maximum absolute atomic E-state index is 13.1. The van der Waals surface area contributed by atoms with Crippen molar-refractivity contribution in [2.45, 2.75) is 33.3 Å². The smallest absolute Gasteiger partial charge is 0.341 e. The molecule has 1 atom stereocenters. The van der Waals surface area contributed by atoms with Gasteiger partial charge >= 0.3 is 5.97 Å². The number of carbonyl (C=O) groups is 2. The van der Waals surface area contributed by atoms with Crippen LogP contribution in [0.3, 0.4) is 0 Å². The highest BCUT2D eigenvalue weighted by Crippen LogP contribution is 2.15. The Labute approximate surface area is 123 Å². The summed E-state index contributed by atoms with van der Waals surface area (Å²) in [6.07, 6.45) is -0.129. The van der Waals surface area contributed by atoms with Crippen molar-refractivity contribution in [1.29, 1.82) is 0 Å². The lowest BCUT2D eigenvalue weighted by Crippen LogP contribution is -2.36. The van der Waals surface area contributed by atoms with Crippen LogP contribution in [0.5, 0.6) is 0 Å². The first-order chi connectivity index (χ1) is 9.81. The van der Waals surface area contributed by atoms with Gasteiger partial charge in [-0.2, -0.15) is 0 Å². The van der Waals surface area contributed by atoms with E-state index in [2.05, 4.69) is 5.32 Å². The Morgan fingerprint density at radius 3 is 2.62 bits per heavy atom. The van der Waals surface area contributed by atoms with E-state index in [0.717, 1.165) is 18.6 Å². The van der Waals surface area contributed by atoms with E-state index in [0.29, 0.717) is 12.5 Å². The lowest BCUT2D eigenvalue weighted by Gasteiger charge is -2.14. The summed E-state index contributed by atoms with van der Waals surface area (Å²) in [6.45, 7) is 6.06. The number of hydrogen-bond donors (Lipinski definition) is 2. The summed E-state index contributed by atoms with van der Waals surface area (Å²) in [5, 5.41) is 2.68. The third kappa shape index (κ3) is 5.41. The van der Waals surface area contributed by atoms with Crippen LogP contribution < -0.4 is 11.1 Å². The Hall–Kier alpha value is -2.11. The quantitative estimate of drug-likeness (QED) is 0.622. The average Bonchev–Trinajstić information content (AvgIpc) is 2.40. The third-order valence-electron chi connectivity index (χ3n) is 2.91. The molecular formula is C15H21FN2O3.